The van der Waals surface area contributed by atoms with Gasteiger partial charge >= 0.3 is 0 Å². The number of hydrogen-bond acceptors (Lipinski definition) is 3. The Bertz CT molecular complexity index is 280. The third-order valence-corrected chi connectivity index (χ3v) is 1.36. The lowest BCUT2D eigenvalue weighted by Gasteiger charge is -1.95. The van der Waals surface area contributed by atoms with Gasteiger partial charge in [-0.15, -0.1) is 0 Å². The van der Waals surface area contributed by atoms with Gasteiger partial charge in [-0.2, -0.15) is 0 Å². The average molecular weight is 161 g/mol. The van der Waals surface area contributed by atoms with Crippen molar-refractivity contribution in [3.05, 3.63) is 35.8 Å². The molecule has 1 aromatic rings. The quantitative estimate of drug-likeness (QED) is 0.665. The molecular weight excluding hydrogens is 152 g/mol. The second kappa shape index (κ2) is 4.28. The Morgan fingerprint density at radius 2 is 2.50 bits per heavy atom. The molecule has 0 aliphatic heterocycles. The Kier molecular flexibility index (Phi) is 3.02. The minimum Gasteiger partial charge on any atom is -0.385 e. The summed E-state index contributed by atoms with van der Waals surface area (Å²) in [5.74, 6) is 0. The number of rotatable bonds is 3. The average Bonchev–Trinajstić information content (AvgIpc) is 2.16. The topological polar surface area (TPSA) is 42.0 Å². The number of nitrogens with one attached hydrogen (secondary N) is 1. The minimum absolute atomic E-state index is 0.397. The highest BCUT2D eigenvalue weighted by Gasteiger charge is 1.92. The van der Waals surface area contributed by atoms with Gasteiger partial charge in [0.25, 0.3) is 6.29 Å². The van der Waals surface area contributed by atoms with Crippen molar-refractivity contribution in [2.24, 2.45) is 0 Å². The lowest BCUT2D eigenvalue weighted by atomic mass is 10.3. The number of pyridine rings is 1. The van der Waals surface area contributed by atoms with Crippen LogP contribution >= 0.6 is 0 Å². The minimum atomic E-state index is 0.397. The summed E-state index contributed by atoms with van der Waals surface area (Å²) in [5, 5.41) is 2.70. The molecule has 0 unspecified atom stereocenters. The predicted molar refractivity (Wildman–Crippen MR) is 47.0 cm³/mol. The fourth-order valence-electron chi connectivity index (χ4n) is 0.762. The monoisotopic (exact) mass is 161 g/mol. The van der Waals surface area contributed by atoms with Crippen LogP contribution in [-0.4, -0.2) is 18.3 Å². The summed E-state index contributed by atoms with van der Waals surface area (Å²) in [6.45, 7) is 0. The van der Waals surface area contributed by atoms with Crippen LogP contribution in [0.2, 0.25) is 0 Å². The molecule has 61 valence electrons. The molecule has 0 amide bonds. The molecule has 0 saturated heterocycles. The molecule has 0 aliphatic carbocycles. The van der Waals surface area contributed by atoms with Crippen LogP contribution in [0, 0.1) is 0 Å². The molecule has 0 atom stereocenters. The van der Waals surface area contributed by atoms with Crippen molar-refractivity contribution in [2.45, 2.75) is 0 Å². The van der Waals surface area contributed by atoms with E-state index in [0.717, 1.165) is 5.69 Å². The van der Waals surface area contributed by atoms with Gasteiger partial charge < -0.3 is 5.32 Å². The number of nitrogens with zero attached hydrogens (tertiary/aromatic N) is 1. The van der Waals surface area contributed by atoms with Crippen molar-refractivity contribution in [3.8, 4) is 0 Å². The van der Waals surface area contributed by atoms with E-state index >= 15 is 0 Å². The molecule has 12 heavy (non-hydrogen) atoms. The van der Waals surface area contributed by atoms with Gasteiger partial charge in [-0.05, 0) is 18.2 Å². The molecule has 0 saturated carbocycles. The Balaban J connectivity index is 2.86. The molecule has 0 bridgehead atoms. The summed E-state index contributed by atoms with van der Waals surface area (Å²) in [4.78, 5) is 14.3. The largest absolute Gasteiger partial charge is 0.385 e. The zero-order valence-electron chi connectivity index (χ0n) is 6.74. The van der Waals surface area contributed by atoms with Gasteiger partial charge in [0.05, 0.1) is 11.4 Å². The first-order valence-corrected chi connectivity index (χ1v) is 3.55. The predicted octanol–water partition coefficient (Wildman–Crippen LogP) is 0.752. The van der Waals surface area contributed by atoms with Crippen molar-refractivity contribution in [3.63, 3.8) is 0 Å². The van der Waals surface area contributed by atoms with Crippen molar-refractivity contribution in [2.75, 3.05) is 7.05 Å². The van der Waals surface area contributed by atoms with Crippen molar-refractivity contribution in [1.82, 2.24) is 10.3 Å². The van der Waals surface area contributed by atoms with E-state index in [1.54, 1.807) is 25.6 Å². The van der Waals surface area contributed by atoms with E-state index in [4.69, 9.17) is 0 Å². The summed E-state index contributed by atoms with van der Waals surface area (Å²) in [7, 11) is 1.67. The van der Waals surface area contributed by atoms with E-state index in [2.05, 4.69) is 10.3 Å². The van der Waals surface area contributed by atoms with Crippen molar-refractivity contribution in [1.29, 1.82) is 0 Å². The SMILES string of the molecule is CN/C([C]=O)=C/c1ccccn1. The summed E-state index contributed by atoms with van der Waals surface area (Å²) >= 11 is 0. The molecule has 0 fully saturated rings. The van der Waals surface area contributed by atoms with Crippen LogP contribution in [-0.2, 0) is 4.79 Å². The lowest BCUT2D eigenvalue weighted by molar-refractivity contribution is 0.559. The molecule has 0 aliphatic rings. The Morgan fingerprint density at radius 3 is 3.00 bits per heavy atom. The fraction of sp³-hybridized carbons (Fsp3) is 0.111. The zero-order valence-corrected chi connectivity index (χ0v) is 6.74. The first kappa shape index (κ1) is 8.46. The molecule has 1 heterocycles. The first-order chi connectivity index (χ1) is 5.86. The maximum Gasteiger partial charge on any atom is 0.250 e. The number of carbonyl (C=O) groups excluding carboxylic acids is 1. The molecule has 1 rings (SSSR count). The molecular formula is C9H9N2O. The van der Waals surface area contributed by atoms with E-state index in [-0.39, 0.29) is 0 Å². The molecule has 3 nitrogen and oxygen atoms in total. The third kappa shape index (κ3) is 2.20. The standard InChI is InChI=1S/C9H9N2O/c1-10-9(7-12)6-8-4-2-3-5-11-8/h2-6,10H,1H3/b9-6+. The Morgan fingerprint density at radius 1 is 1.67 bits per heavy atom. The van der Waals surface area contributed by atoms with Gasteiger partial charge in [0.15, 0.2) is 0 Å². The zero-order chi connectivity index (χ0) is 8.81. The first-order valence-electron chi connectivity index (χ1n) is 3.55. The van der Waals surface area contributed by atoms with Gasteiger partial charge in [0.1, 0.15) is 0 Å². The van der Waals surface area contributed by atoms with Crippen molar-refractivity contribution < 1.29 is 4.79 Å². The lowest BCUT2D eigenvalue weighted by Crippen LogP contribution is -2.06. The van der Waals surface area contributed by atoms with Crippen LogP contribution in [0.15, 0.2) is 30.1 Å². The maximum absolute atomic E-state index is 10.3. The molecule has 1 radical (unpaired) electrons. The van der Waals surface area contributed by atoms with E-state index in [1.165, 1.54) is 0 Å². The van der Waals surface area contributed by atoms with Crippen LogP contribution in [0.4, 0.5) is 0 Å². The van der Waals surface area contributed by atoms with Gasteiger partial charge in [-0.25, -0.2) is 0 Å². The van der Waals surface area contributed by atoms with Crippen LogP contribution in [0.1, 0.15) is 5.69 Å². The highest BCUT2D eigenvalue weighted by atomic mass is 16.1. The molecule has 1 N–H and O–H groups in total. The summed E-state index contributed by atoms with van der Waals surface area (Å²) < 4.78 is 0. The summed E-state index contributed by atoms with van der Waals surface area (Å²) in [6, 6.07) is 5.49. The Hall–Kier alpha value is -1.64. The normalized spacial score (nSPS) is 10.9. The van der Waals surface area contributed by atoms with E-state index in [1.807, 2.05) is 18.2 Å². The molecule has 1 aromatic heterocycles. The maximum atomic E-state index is 10.3. The smallest absolute Gasteiger partial charge is 0.250 e. The fourth-order valence-corrected chi connectivity index (χ4v) is 0.762. The van der Waals surface area contributed by atoms with Gasteiger partial charge in [-0.1, -0.05) is 6.07 Å². The number of allylic oxidation sites excluding steroid dienone is 1. The summed E-state index contributed by atoms with van der Waals surface area (Å²) in [6.07, 6.45) is 5.06. The van der Waals surface area contributed by atoms with Gasteiger partial charge in [0, 0.05) is 13.2 Å². The highest BCUT2D eigenvalue weighted by Crippen LogP contribution is 1.98. The van der Waals surface area contributed by atoms with Crippen LogP contribution < -0.4 is 5.32 Å². The third-order valence-electron chi connectivity index (χ3n) is 1.36. The highest BCUT2D eigenvalue weighted by molar-refractivity contribution is 5.80. The number of likely N-dealkylation sites (N-methyl/N-ethyl adjacent to an activating group) is 1. The second-order valence-electron chi connectivity index (χ2n) is 2.16. The van der Waals surface area contributed by atoms with Crippen LogP contribution in [0.25, 0.3) is 6.08 Å². The van der Waals surface area contributed by atoms with Crippen LogP contribution in [0.5, 0.6) is 0 Å². The molecule has 3 heteroatoms. The molecule has 0 aromatic carbocycles. The molecule has 0 spiro atoms. The number of aromatic nitrogens is 1. The Labute approximate surface area is 71.1 Å². The van der Waals surface area contributed by atoms with Gasteiger partial charge in [0.2, 0.25) is 0 Å². The number of hydrogen-bond donors (Lipinski definition) is 1. The van der Waals surface area contributed by atoms with E-state index in [0.29, 0.717) is 5.70 Å². The van der Waals surface area contributed by atoms with Crippen molar-refractivity contribution >= 4 is 12.4 Å². The second-order valence-corrected chi connectivity index (χ2v) is 2.16. The van der Waals surface area contributed by atoms with E-state index in [9.17, 15) is 4.79 Å². The van der Waals surface area contributed by atoms with E-state index < -0.39 is 0 Å². The van der Waals surface area contributed by atoms with Gasteiger partial charge in [-0.3, -0.25) is 9.78 Å². The summed E-state index contributed by atoms with van der Waals surface area (Å²) in [5.41, 5.74) is 1.14. The van der Waals surface area contributed by atoms with Crippen LogP contribution in [0.3, 0.4) is 0 Å².